The Morgan fingerprint density at radius 3 is 2.12 bits per heavy atom. The molecule has 0 spiro atoms. The van der Waals surface area contributed by atoms with Crippen LogP contribution in [0.3, 0.4) is 0 Å². The van der Waals surface area contributed by atoms with Crippen LogP contribution in [-0.4, -0.2) is 0 Å². The normalized spacial score (nSPS) is 32.5. The van der Waals surface area contributed by atoms with Crippen LogP contribution in [-0.2, 0) is 6.42 Å². The standard InChI is InChI=1S/C26H42/c1-4-6-8-22-9-13-23(14-10-22)25-17-18-26(20(3)19-25)24-15-11-21(7-5-2)12-16-24/h11-12,15-16,20,22-23,25-26H,4-10,13-14,17-19H2,1-3H3/t20?,22-,23-,25?,26?. The summed E-state index contributed by atoms with van der Waals surface area (Å²) < 4.78 is 0. The van der Waals surface area contributed by atoms with Crippen LogP contribution in [0, 0.1) is 23.7 Å². The molecule has 146 valence electrons. The van der Waals surface area contributed by atoms with E-state index in [-0.39, 0.29) is 0 Å². The van der Waals surface area contributed by atoms with Crippen molar-refractivity contribution in [2.45, 2.75) is 104 Å². The Kier molecular flexibility index (Phi) is 7.64. The van der Waals surface area contributed by atoms with Gasteiger partial charge in [-0.1, -0.05) is 83.6 Å². The van der Waals surface area contributed by atoms with E-state index in [2.05, 4.69) is 45.0 Å². The molecule has 0 aliphatic heterocycles. The van der Waals surface area contributed by atoms with Gasteiger partial charge in [-0.2, -0.15) is 0 Å². The van der Waals surface area contributed by atoms with Gasteiger partial charge < -0.3 is 0 Å². The number of hydrogen-bond donors (Lipinski definition) is 0. The molecule has 0 nitrogen and oxygen atoms in total. The third-order valence-corrected chi connectivity index (χ3v) is 7.68. The molecule has 2 fully saturated rings. The van der Waals surface area contributed by atoms with Crippen molar-refractivity contribution >= 4 is 0 Å². The quantitative estimate of drug-likeness (QED) is 0.463. The topological polar surface area (TPSA) is 0 Å². The summed E-state index contributed by atoms with van der Waals surface area (Å²) in [5.74, 6) is 4.80. The number of rotatable bonds is 7. The van der Waals surface area contributed by atoms with E-state index in [1.807, 2.05) is 0 Å². The molecule has 0 radical (unpaired) electrons. The van der Waals surface area contributed by atoms with Crippen LogP contribution in [0.5, 0.6) is 0 Å². The molecule has 0 bridgehead atoms. The van der Waals surface area contributed by atoms with Crippen molar-refractivity contribution in [3.05, 3.63) is 35.4 Å². The second-order valence-corrected chi connectivity index (χ2v) is 9.57. The van der Waals surface area contributed by atoms with Gasteiger partial charge in [-0.25, -0.2) is 0 Å². The molecular weight excluding hydrogens is 312 g/mol. The number of hydrogen-bond acceptors (Lipinski definition) is 0. The van der Waals surface area contributed by atoms with E-state index < -0.39 is 0 Å². The van der Waals surface area contributed by atoms with E-state index in [4.69, 9.17) is 0 Å². The van der Waals surface area contributed by atoms with Crippen molar-refractivity contribution < 1.29 is 0 Å². The summed E-state index contributed by atoms with van der Waals surface area (Å²) in [7, 11) is 0. The van der Waals surface area contributed by atoms with Crippen LogP contribution in [0.25, 0.3) is 0 Å². The zero-order valence-electron chi connectivity index (χ0n) is 17.7. The van der Waals surface area contributed by atoms with Crippen molar-refractivity contribution in [2.75, 3.05) is 0 Å². The first kappa shape index (κ1) is 20.0. The van der Waals surface area contributed by atoms with E-state index in [1.54, 1.807) is 5.56 Å². The molecule has 0 heteroatoms. The molecule has 2 aliphatic rings. The summed E-state index contributed by atoms with van der Waals surface area (Å²) in [6, 6.07) is 9.64. The maximum atomic E-state index is 2.53. The van der Waals surface area contributed by atoms with Gasteiger partial charge in [0.25, 0.3) is 0 Å². The van der Waals surface area contributed by atoms with E-state index in [0.29, 0.717) is 0 Å². The zero-order chi connectivity index (χ0) is 18.4. The maximum Gasteiger partial charge on any atom is -0.0136 e. The fourth-order valence-corrected chi connectivity index (χ4v) is 6.02. The van der Waals surface area contributed by atoms with E-state index in [1.165, 1.54) is 82.6 Å². The summed E-state index contributed by atoms with van der Waals surface area (Å²) in [4.78, 5) is 0. The molecule has 0 amide bonds. The predicted octanol–water partition coefficient (Wildman–Crippen LogP) is 8.16. The highest BCUT2D eigenvalue weighted by molar-refractivity contribution is 5.26. The fraction of sp³-hybridized carbons (Fsp3) is 0.769. The van der Waals surface area contributed by atoms with Gasteiger partial charge in [-0.15, -0.1) is 0 Å². The van der Waals surface area contributed by atoms with Gasteiger partial charge in [0.1, 0.15) is 0 Å². The van der Waals surface area contributed by atoms with Gasteiger partial charge in [0.15, 0.2) is 0 Å². The highest BCUT2D eigenvalue weighted by Gasteiger charge is 2.34. The van der Waals surface area contributed by atoms with Crippen LogP contribution < -0.4 is 0 Å². The van der Waals surface area contributed by atoms with Crippen molar-refractivity contribution in [2.24, 2.45) is 23.7 Å². The number of aryl methyl sites for hydroxylation is 1. The number of benzene rings is 1. The average molecular weight is 355 g/mol. The molecule has 3 rings (SSSR count). The van der Waals surface area contributed by atoms with E-state index in [9.17, 15) is 0 Å². The third kappa shape index (κ3) is 5.14. The predicted molar refractivity (Wildman–Crippen MR) is 115 cm³/mol. The van der Waals surface area contributed by atoms with Crippen LogP contribution in [0.15, 0.2) is 24.3 Å². The lowest BCUT2D eigenvalue weighted by atomic mass is 9.65. The van der Waals surface area contributed by atoms with Crippen molar-refractivity contribution in [3.63, 3.8) is 0 Å². The first-order valence-corrected chi connectivity index (χ1v) is 11.8. The molecule has 3 atom stereocenters. The molecule has 1 aromatic rings. The van der Waals surface area contributed by atoms with Crippen LogP contribution in [0.4, 0.5) is 0 Å². The Balaban J connectivity index is 1.49. The van der Waals surface area contributed by atoms with Crippen molar-refractivity contribution in [3.8, 4) is 0 Å². The molecule has 3 unspecified atom stereocenters. The second kappa shape index (κ2) is 9.95. The highest BCUT2D eigenvalue weighted by atomic mass is 14.4. The average Bonchev–Trinajstić information content (AvgIpc) is 2.68. The van der Waals surface area contributed by atoms with Gasteiger partial charge in [-0.05, 0) is 79.2 Å². The lowest BCUT2D eigenvalue weighted by Crippen LogP contribution is -2.29. The minimum absolute atomic E-state index is 0.808. The molecule has 0 N–H and O–H groups in total. The molecule has 26 heavy (non-hydrogen) atoms. The Morgan fingerprint density at radius 2 is 1.50 bits per heavy atom. The largest absolute Gasteiger partial charge is 0.0654 e. The zero-order valence-corrected chi connectivity index (χ0v) is 17.7. The Hall–Kier alpha value is -0.780. The van der Waals surface area contributed by atoms with Gasteiger partial charge >= 0.3 is 0 Å². The van der Waals surface area contributed by atoms with Crippen LogP contribution in [0.2, 0.25) is 0 Å². The van der Waals surface area contributed by atoms with E-state index in [0.717, 1.165) is 29.6 Å². The molecule has 2 aliphatic carbocycles. The van der Waals surface area contributed by atoms with Crippen LogP contribution >= 0.6 is 0 Å². The molecular formula is C26H42. The monoisotopic (exact) mass is 354 g/mol. The Labute approximate surface area is 163 Å². The van der Waals surface area contributed by atoms with Gasteiger partial charge in [0.2, 0.25) is 0 Å². The van der Waals surface area contributed by atoms with Gasteiger partial charge in [-0.3, -0.25) is 0 Å². The van der Waals surface area contributed by atoms with Crippen molar-refractivity contribution in [1.82, 2.24) is 0 Å². The smallest absolute Gasteiger partial charge is 0.0136 e. The highest BCUT2D eigenvalue weighted by Crippen LogP contribution is 2.46. The summed E-state index contributed by atoms with van der Waals surface area (Å²) in [5, 5.41) is 0. The van der Waals surface area contributed by atoms with Crippen LogP contribution in [0.1, 0.15) is 108 Å². The summed E-state index contributed by atoms with van der Waals surface area (Å²) in [5.41, 5.74) is 3.12. The molecule has 0 aromatic heterocycles. The summed E-state index contributed by atoms with van der Waals surface area (Å²) in [6.45, 7) is 7.14. The van der Waals surface area contributed by atoms with E-state index >= 15 is 0 Å². The fourth-order valence-electron chi connectivity index (χ4n) is 6.02. The number of unbranched alkanes of at least 4 members (excludes halogenated alkanes) is 1. The first-order chi connectivity index (χ1) is 12.7. The lowest BCUT2D eigenvalue weighted by molar-refractivity contribution is 0.130. The Morgan fingerprint density at radius 1 is 0.808 bits per heavy atom. The first-order valence-electron chi connectivity index (χ1n) is 11.8. The molecule has 0 heterocycles. The minimum Gasteiger partial charge on any atom is -0.0654 e. The summed E-state index contributed by atoms with van der Waals surface area (Å²) >= 11 is 0. The molecule has 2 saturated carbocycles. The second-order valence-electron chi connectivity index (χ2n) is 9.57. The van der Waals surface area contributed by atoms with Gasteiger partial charge in [0.05, 0.1) is 0 Å². The molecule has 0 saturated heterocycles. The lowest BCUT2D eigenvalue weighted by Gasteiger charge is -2.41. The van der Waals surface area contributed by atoms with Gasteiger partial charge in [0, 0.05) is 0 Å². The summed E-state index contributed by atoms with van der Waals surface area (Å²) in [6.07, 6.45) is 17.3. The minimum atomic E-state index is 0.808. The SMILES string of the molecule is CCCC[C@H]1CC[C@H](C2CCC(c3ccc(CCC)cc3)C(C)C2)CC1. The molecule has 1 aromatic carbocycles. The maximum absolute atomic E-state index is 2.53. The van der Waals surface area contributed by atoms with Crippen molar-refractivity contribution in [1.29, 1.82) is 0 Å². The third-order valence-electron chi connectivity index (χ3n) is 7.68. The Bertz CT molecular complexity index is 505.